The Morgan fingerprint density at radius 3 is 3.05 bits per heavy atom. The van der Waals surface area contributed by atoms with Gasteiger partial charge >= 0.3 is 0 Å². The Labute approximate surface area is 122 Å². The van der Waals surface area contributed by atoms with Crippen LogP contribution in [0.4, 0.5) is 0 Å². The first-order valence-electron chi connectivity index (χ1n) is 7.01. The fourth-order valence-electron chi connectivity index (χ4n) is 2.36. The van der Waals surface area contributed by atoms with E-state index in [1.165, 1.54) is 0 Å². The number of H-pyrrole nitrogens is 1. The van der Waals surface area contributed by atoms with Gasteiger partial charge in [-0.2, -0.15) is 5.10 Å². The van der Waals surface area contributed by atoms with Crippen LogP contribution in [0.3, 0.4) is 0 Å². The molecule has 1 saturated heterocycles. The van der Waals surface area contributed by atoms with Crippen LogP contribution in [0.15, 0.2) is 22.9 Å². The highest BCUT2D eigenvalue weighted by Crippen LogP contribution is 2.25. The highest BCUT2D eigenvalue weighted by Gasteiger charge is 2.32. The largest absolute Gasteiger partial charge is 0.377 e. The maximum Gasteiger partial charge on any atom is 0.293 e. The minimum atomic E-state index is -0.179. The van der Waals surface area contributed by atoms with Crippen LogP contribution in [0.5, 0.6) is 0 Å². The summed E-state index contributed by atoms with van der Waals surface area (Å²) in [5.41, 5.74) is 1.64. The number of carbonyl (C=O) groups is 1. The predicted molar refractivity (Wildman–Crippen MR) is 73.8 cm³/mol. The van der Waals surface area contributed by atoms with Crippen LogP contribution >= 0.6 is 0 Å². The molecule has 112 valence electrons. The number of carbonyl (C=O) groups excluding carboxylic acids is 1. The minimum absolute atomic E-state index is 0.169. The third kappa shape index (κ3) is 2.69. The van der Waals surface area contributed by atoms with Crippen LogP contribution in [0.1, 0.15) is 47.7 Å². The first-order valence-corrected chi connectivity index (χ1v) is 7.01. The molecule has 0 aromatic carbocycles. The third-order valence-electron chi connectivity index (χ3n) is 3.60. The minimum Gasteiger partial charge on any atom is -0.377 e. The molecule has 0 radical (unpaired) electrons. The van der Waals surface area contributed by atoms with Gasteiger partial charge < -0.3 is 14.2 Å². The zero-order valence-electron chi connectivity index (χ0n) is 12.1. The number of amides is 1. The quantitative estimate of drug-likeness (QED) is 0.930. The van der Waals surface area contributed by atoms with Crippen molar-refractivity contribution in [1.29, 1.82) is 0 Å². The molecule has 7 nitrogen and oxygen atoms in total. The molecule has 1 aliphatic heterocycles. The summed E-state index contributed by atoms with van der Waals surface area (Å²) in [4.78, 5) is 14.4. The second kappa shape index (κ2) is 5.69. The van der Waals surface area contributed by atoms with E-state index in [4.69, 9.17) is 9.26 Å². The molecule has 7 heteroatoms. The van der Waals surface area contributed by atoms with Crippen molar-refractivity contribution < 1.29 is 14.1 Å². The molecule has 21 heavy (non-hydrogen) atoms. The van der Waals surface area contributed by atoms with Crippen LogP contribution in [0, 0.1) is 0 Å². The average Bonchev–Trinajstić information content (AvgIpc) is 3.18. The molecule has 0 bridgehead atoms. The molecule has 1 amide bonds. The Balaban J connectivity index is 1.83. The lowest BCUT2D eigenvalue weighted by molar-refractivity contribution is -0.00584. The highest BCUT2D eigenvalue weighted by atomic mass is 16.5. The molecule has 0 spiro atoms. The highest BCUT2D eigenvalue weighted by molar-refractivity contribution is 5.91. The molecule has 2 aromatic heterocycles. The summed E-state index contributed by atoms with van der Waals surface area (Å²) in [6.07, 6.45) is 1.66. The molecule has 3 rings (SSSR count). The van der Waals surface area contributed by atoms with Crippen LogP contribution in [0.25, 0.3) is 0 Å². The van der Waals surface area contributed by atoms with Crippen molar-refractivity contribution in [1.82, 2.24) is 20.3 Å². The molecule has 0 aliphatic carbocycles. The number of aromatic nitrogens is 3. The van der Waals surface area contributed by atoms with Gasteiger partial charge in [0.05, 0.1) is 30.6 Å². The number of nitrogens with one attached hydrogen (secondary N) is 1. The van der Waals surface area contributed by atoms with Crippen molar-refractivity contribution in [3.63, 3.8) is 0 Å². The first-order chi connectivity index (χ1) is 10.2. The number of morpholine rings is 1. The standard InChI is InChI=1S/C14H18N4O3/c1-9(2)11-7-13(21-17-11)14(19)18-5-6-20-8-12(18)10-3-4-15-16-10/h3-4,7,9,12H,5-6,8H2,1-2H3,(H,15,16)/t12-/m0/s1. The molecular formula is C14H18N4O3. The van der Waals surface area contributed by atoms with Crippen molar-refractivity contribution >= 4 is 5.91 Å². The van der Waals surface area contributed by atoms with Gasteiger partial charge in [-0.1, -0.05) is 19.0 Å². The number of hydrogen-bond acceptors (Lipinski definition) is 5. The topological polar surface area (TPSA) is 84.3 Å². The number of aromatic amines is 1. The van der Waals surface area contributed by atoms with E-state index in [2.05, 4.69) is 15.4 Å². The van der Waals surface area contributed by atoms with Gasteiger partial charge in [-0.05, 0) is 12.0 Å². The summed E-state index contributed by atoms with van der Waals surface area (Å²) < 4.78 is 10.7. The van der Waals surface area contributed by atoms with Gasteiger partial charge in [0.1, 0.15) is 0 Å². The van der Waals surface area contributed by atoms with E-state index in [1.807, 2.05) is 19.9 Å². The zero-order chi connectivity index (χ0) is 14.8. The molecule has 1 aliphatic rings. The Hall–Kier alpha value is -2.15. The summed E-state index contributed by atoms with van der Waals surface area (Å²) in [5.74, 6) is 0.325. The van der Waals surface area contributed by atoms with Gasteiger partial charge in [-0.15, -0.1) is 0 Å². The van der Waals surface area contributed by atoms with E-state index in [0.717, 1.165) is 11.4 Å². The van der Waals surface area contributed by atoms with Crippen LogP contribution in [-0.2, 0) is 4.74 Å². The molecule has 0 saturated carbocycles. The lowest BCUT2D eigenvalue weighted by Crippen LogP contribution is -2.43. The maximum atomic E-state index is 12.6. The molecule has 1 fully saturated rings. The van der Waals surface area contributed by atoms with Crippen molar-refractivity contribution in [2.45, 2.75) is 25.8 Å². The van der Waals surface area contributed by atoms with Gasteiger partial charge in [0.2, 0.25) is 5.76 Å². The summed E-state index contributed by atoms with van der Waals surface area (Å²) in [5, 5.41) is 10.8. The number of nitrogens with zero attached hydrogens (tertiary/aromatic N) is 3. The average molecular weight is 290 g/mol. The molecular weight excluding hydrogens is 272 g/mol. The Kier molecular flexibility index (Phi) is 3.74. The van der Waals surface area contributed by atoms with Crippen molar-refractivity contribution in [2.75, 3.05) is 19.8 Å². The molecule has 2 aromatic rings. The Bertz CT molecular complexity index is 606. The summed E-state index contributed by atoms with van der Waals surface area (Å²) >= 11 is 0. The fraction of sp³-hybridized carbons (Fsp3) is 0.500. The van der Waals surface area contributed by atoms with Gasteiger partial charge in [0, 0.05) is 18.8 Å². The van der Waals surface area contributed by atoms with E-state index in [-0.39, 0.29) is 23.6 Å². The van der Waals surface area contributed by atoms with E-state index >= 15 is 0 Å². The van der Waals surface area contributed by atoms with E-state index < -0.39 is 0 Å². The Morgan fingerprint density at radius 1 is 1.52 bits per heavy atom. The van der Waals surface area contributed by atoms with Crippen molar-refractivity contribution in [3.05, 3.63) is 35.5 Å². The molecule has 0 unspecified atom stereocenters. The summed E-state index contributed by atoms with van der Waals surface area (Å²) in [6.45, 7) is 5.49. The van der Waals surface area contributed by atoms with Gasteiger partial charge in [-0.3, -0.25) is 9.89 Å². The first kappa shape index (κ1) is 13.8. The van der Waals surface area contributed by atoms with Gasteiger partial charge in [0.15, 0.2) is 0 Å². The van der Waals surface area contributed by atoms with E-state index in [0.29, 0.717) is 19.8 Å². The van der Waals surface area contributed by atoms with Crippen LogP contribution in [0.2, 0.25) is 0 Å². The lowest BCUT2D eigenvalue weighted by atomic mass is 10.1. The van der Waals surface area contributed by atoms with E-state index in [9.17, 15) is 4.79 Å². The maximum absolute atomic E-state index is 12.6. The second-order valence-electron chi connectivity index (χ2n) is 5.37. The molecule has 1 atom stereocenters. The van der Waals surface area contributed by atoms with Crippen molar-refractivity contribution in [3.8, 4) is 0 Å². The molecule has 1 N–H and O–H groups in total. The van der Waals surface area contributed by atoms with Crippen molar-refractivity contribution in [2.24, 2.45) is 0 Å². The second-order valence-corrected chi connectivity index (χ2v) is 5.37. The van der Waals surface area contributed by atoms with Crippen LogP contribution in [-0.4, -0.2) is 45.9 Å². The smallest absolute Gasteiger partial charge is 0.293 e. The number of rotatable bonds is 3. The zero-order valence-corrected chi connectivity index (χ0v) is 12.1. The molecule has 3 heterocycles. The number of hydrogen-bond donors (Lipinski definition) is 1. The lowest BCUT2D eigenvalue weighted by Gasteiger charge is -2.34. The number of ether oxygens (including phenoxy) is 1. The normalized spacial score (nSPS) is 19.2. The summed E-state index contributed by atoms with van der Waals surface area (Å²) in [6, 6.07) is 3.38. The van der Waals surface area contributed by atoms with Gasteiger partial charge in [-0.25, -0.2) is 0 Å². The SMILES string of the molecule is CC(C)c1cc(C(=O)N2CCOC[C@H]2c2ccn[nH]2)on1. The third-order valence-corrected chi connectivity index (χ3v) is 3.60. The monoisotopic (exact) mass is 290 g/mol. The summed E-state index contributed by atoms with van der Waals surface area (Å²) in [7, 11) is 0. The van der Waals surface area contributed by atoms with E-state index in [1.54, 1.807) is 17.2 Å². The predicted octanol–water partition coefficient (Wildman–Crippen LogP) is 1.73. The fourth-order valence-corrected chi connectivity index (χ4v) is 2.36. The van der Waals surface area contributed by atoms with Gasteiger partial charge in [0.25, 0.3) is 5.91 Å². The van der Waals surface area contributed by atoms with Crippen LogP contribution < -0.4 is 0 Å². The Morgan fingerprint density at radius 2 is 2.38 bits per heavy atom.